The molecule has 0 aromatic heterocycles. The van der Waals surface area contributed by atoms with Gasteiger partial charge in [-0.1, -0.05) is 6.07 Å². The van der Waals surface area contributed by atoms with Gasteiger partial charge in [-0.05, 0) is 28.4 Å². The van der Waals surface area contributed by atoms with Crippen molar-refractivity contribution in [3.8, 4) is 5.75 Å². The van der Waals surface area contributed by atoms with Crippen LogP contribution in [-0.4, -0.2) is 16.2 Å². The van der Waals surface area contributed by atoms with E-state index in [9.17, 15) is 14.3 Å². The van der Waals surface area contributed by atoms with Gasteiger partial charge in [0.25, 0.3) is 0 Å². The van der Waals surface area contributed by atoms with Gasteiger partial charge in [0.2, 0.25) is 0 Å². The normalized spacial score (nSPS) is 12.4. The number of hydrogen-bond donors (Lipinski definition) is 3. The first kappa shape index (κ1) is 12.9. The van der Waals surface area contributed by atoms with Crippen LogP contribution in [0.4, 0.5) is 4.39 Å². The predicted octanol–water partition coefficient (Wildman–Crippen LogP) is 2.16. The van der Waals surface area contributed by atoms with Crippen molar-refractivity contribution in [2.45, 2.75) is 18.9 Å². The molecule has 0 saturated heterocycles. The van der Waals surface area contributed by atoms with Crippen molar-refractivity contribution >= 4 is 21.9 Å². The molecule has 0 radical (unpaired) electrons. The van der Waals surface area contributed by atoms with E-state index in [1.165, 1.54) is 12.1 Å². The number of hydrogen-bond acceptors (Lipinski definition) is 3. The number of phenols is 1. The number of nitrogens with two attached hydrogens (primary N) is 1. The largest absolute Gasteiger partial charge is 0.507 e. The summed E-state index contributed by atoms with van der Waals surface area (Å²) in [5.41, 5.74) is 5.84. The third kappa shape index (κ3) is 2.93. The Balaban J connectivity index is 2.87. The highest BCUT2D eigenvalue weighted by Gasteiger charge is 2.16. The van der Waals surface area contributed by atoms with E-state index >= 15 is 0 Å². The molecule has 0 heterocycles. The lowest BCUT2D eigenvalue weighted by Crippen LogP contribution is -2.14. The molecule has 1 atom stereocenters. The first-order valence-corrected chi connectivity index (χ1v) is 5.37. The second kappa shape index (κ2) is 5.27. The summed E-state index contributed by atoms with van der Waals surface area (Å²) in [6.45, 7) is 0. The Bertz CT molecular complexity index is 411. The van der Waals surface area contributed by atoms with Crippen LogP contribution in [0.1, 0.15) is 24.4 Å². The summed E-state index contributed by atoms with van der Waals surface area (Å²) in [6, 6.07) is 1.96. The third-order valence-electron chi connectivity index (χ3n) is 2.16. The van der Waals surface area contributed by atoms with Crippen LogP contribution in [-0.2, 0) is 4.79 Å². The number of carboxylic acid groups (broad SMARTS) is 1. The van der Waals surface area contributed by atoms with Crippen LogP contribution in [0.5, 0.6) is 5.75 Å². The SMILES string of the molecule is NC(CCC(=O)O)c1ccc(O)c(Br)c1F. The molecule has 16 heavy (non-hydrogen) atoms. The smallest absolute Gasteiger partial charge is 0.303 e. The van der Waals surface area contributed by atoms with Gasteiger partial charge in [0.05, 0.1) is 4.47 Å². The Labute approximate surface area is 100 Å². The lowest BCUT2D eigenvalue weighted by molar-refractivity contribution is -0.137. The highest BCUT2D eigenvalue weighted by molar-refractivity contribution is 9.10. The fraction of sp³-hybridized carbons (Fsp3) is 0.300. The zero-order chi connectivity index (χ0) is 12.3. The molecule has 1 aromatic rings. The number of phenolic OH excluding ortho intramolecular Hbond substituents is 1. The van der Waals surface area contributed by atoms with Crippen LogP contribution >= 0.6 is 15.9 Å². The van der Waals surface area contributed by atoms with Crippen LogP contribution in [0.25, 0.3) is 0 Å². The zero-order valence-corrected chi connectivity index (χ0v) is 9.87. The summed E-state index contributed by atoms with van der Waals surface area (Å²) in [6.07, 6.45) is 0.0164. The van der Waals surface area contributed by atoms with Crippen LogP contribution in [0, 0.1) is 5.82 Å². The maximum atomic E-state index is 13.6. The first-order chi connectivity index (χ1) is 7.43. The zero-order valence-electron chi connectivity index (χ0n) is 8.28. The third-order valence-corrected chi connectivity index (χ3v) is 2.91. The Kier molecular flexibility index (Phi) is 4.26. The van der Waals surface area contributed by atoms with Crippen molar-refractivity contribution < 1.29 is 19.4 Å². The van der Waals surface area contributed by atoms with Gasteiger partial charge >= 0.3 is 5.97 Å². The quantitative estimate of drug-likeness (QED) is 0.794. The van der Waals surface area contributed by atoms with Crippen molar-refractivity contribution in [3.05, 3.63) is 28.0 Å². The molecule has 0 aliphatic carbocycles. The molecule has 0 fully saturated rings. The second-order valence-corrected chi connectivity index (χ2v) is 4.13. The molecular formula is C10H11BrFNO3. The number of benzene rings is 1. The van der Waals surface area contributed by atoms with Crippen LogP contribution in [0.3, 0.4) is 0 Å². The van der Waals surface area contributed by atoms with Crippen molar-refractivity contribution in [2.24, 2.45) is 5.73 Å². The van der Waals surface area contributed by atoms with E-state index in [2.05, 4.69) is 15.9 Å². The topological polar surface area (TPSA) is 83.6 Å². The molecule has 1 rings (SSSR count). The van der Waals surface area contributed by atoms with Crippen LogP contribution in [0.15, 0.2) is 16.6 Å². The van der Waals surface area contributed by atoms with E-state index in [0.717, 1.165) is 0 Å². The monoisotopic (exact) mass is 291 g/mol. The molecule has 88 valence electrons. The molecule has 0 amide bonds. The van der Waals surface area contributed by atoms with Crippen LogP contribution in [0.2, 0.25) is 0 Å². The minimum Gasteiger partial charge on any atom is -0.507 e. The summed E-state index contributed by atoms with van der Waals surface area (Å²) >= 11 is 2.88. The van der Waals surface area contributed by atoms with Gasteiger partial charge in [0.15, 0.2) is 0 Å². The predicted molar refractivity (Wildman–Crippen MR) is 59.6 cm³/mol. The Hall–Kier alpha value is -1.14. The highest BCUT2D eigenvalue weighted by Crippen LogP contribution is 2.31. The van der Waals surface area contributed by atoms with E-state index < -0.39 is 17.8 Å². The van der Waals surface area contributed by atoms with Gasteiger partial charge in [-0.15, -0.1) is 0 Å². The lowest BCUT2D eigenvalue weighted by Gasteiger charge is -2.13. The Morgan fingerprint density at radius 3 is 2.75 bits per heavy atom. The molecule has 4 N–H and O–H groups in total. The number of aromatic hydroxyl groups is 1. The van der Waals surface area contributed by atoms with Gasteiger partial charge in [0, 0.05) is 18.0 Å². The van der Waals surface area contributed by atoms with Gasteiger partial charge in [-0.25, -0.2) is 4.39 Å². The number of halogens is 2. The average Bonchev–Trinajstić information content (AvgIpc) is 2.23. The maximum Gasteiger partial charge on any atom is 0.303 e. The molecule has 0 aliphatic rings. The summed E-state index contributed by atoms with van der Waals surface area (Å²) < 4.78 is 13.5. The highest BCUT2D eigenvalue weighted by atomic mass is 79.9. The van der Waals surface area contributed by atoms with E-state index in [-0.39, 0.29) is 28.6 Å². The number of rotatable bonds is 4. The van der Waals surface area contributed by atoms with Gasteiger partial charge in [-0.3, -0.25) is 4.79 Å². The molecule has 1 aromatic carbocycles. The Morgan fingerprint density at radius 1 is 1.56 bits per heavy atom. The van der Waals surface area contributed by atoms with E-state index in [1.807, 2.05) is 0 Å². The number of aliphatic carboxylic acids is 1. The Morgan fingerprint density at radius 2 is 2.19 bits per heavy atom. The lowest BCUT2D eigenvalue weighted by atomic mass is 10.0. The summed E-state index contributed by atoms with van der Waals surface area (Å²) in [5, 5.41) is 17.7. The minimum absolute atomic E-state index is 0.0595. The molecule has 6 heteroatoms. The maximum absolute atomic E-state index is 13.6. The fourth-order valence-corrected chi connectivity index (χ4v) is 1.64. The van der Waals surface area contributed by atoms with Crippen molar-refractivity contribution in [1.82, 2.24) is 0 Å². The fourth-order valence-electron chi connectivity index (χ4n) is 1.28. The molecule has 0 bridgehead atoms. The van der Waals surface area contributed by atoms with Crippen molar-refractivity contribution in [2.75, 3.05) is 0 Å². The molecule has 1 unspecified atom stereocenters. The first-order valence-electron chi connectivity index (χ1n) is 4.57. The van der Waals surface area contributed by atoms with Crippen molar-refractivity contribution in [3.63, 3.8) is 0 Å². The number of carboxylic acids is 1. The van der Waals surface area contributed by atoms with Gasteiger partial charge in [-0.2, -0.15) is 0 Å². The van der Waals surface area contributed by atoms with Gasteiger partial charge in [0.1, 0.15) is 11.6 Å². The number of carbonyl (C=O) groups is 1. The van der Waals surface area contributed by atoms with E-state index in [1.54, 1.807) is 0 Å². The second-order valence-electron chi connectivity index (χ2n) is 3.34. The molecule has 0 aliphatic heterocycles. The molecule has 4 nitrogen and oxygen atoms in total. The summed E-state index contributed by atoms with van der Waals surface area (Å²) in [4.78, 5) is 10.3. The summed E-state index contributed by atoms with van der Waals surface area (Å²) in [5.74, 6) is -1.85. The van der Waals surface area contributed by atoms with Crippen molar-refractivity contribution in [1.29, 1.82) is 0 Å². The standard InChI is InChI=1S/C10H11BrFNO3/c11-9-7(14)3-1-5(10(9)12)6(13)2-4-8(15)16/h1,3,6,14H,2,4,13H2,(H,15,16). The molecular weight excluding hydrogens is 281 g/mol. The summed E-state index contributed by atoms with van der Waals surface area (Å²) in [7, 11) is 0. The molecule has 0 spiro atoms. The van der Waals surface area contributed by atoms with Gasteiger partial charge < -0.3 is 15.9 Å². The van der Waals surface area contributed by atoms with Crippen LogP contribution < -0.4 is 5.73 Å². The van der Waals surface area contributed by atoms with E-state index in [0.29, 0.717) is 0 Å². The minimum atomic E-state index is -0.978. The molecule has 0 saturated carbocycles. The van der Waals surface area contributed by atoms with E-state index in [4.69, 9.17) is 10.8 Å². The average molecular weight is 292 g/mol.